The molecule has 1 aromatic carbocycles. The Hall–Kier alpha value is -0.0500. The second kappa shape index (κ2) is 8.10. The summed E-state index contributed by atoms with van der Waals surface area (Å²) in [5.74, 6) is 0.835. The molecule has 0 amide bonds. The summed E-state index contributed by atoms with van der Waals surface area (Å²) in [6, 6.07) is 9.14. The Morgan fingerprint density at radius 2 is 1.69 bits per heavy atom. The van der Waals surface area contributed by atoms with Crippen LogP contribution in [0, 0.1) is 5.92 Å². The fourth-order valence-corrected chi connectivity index (χ4v) is 2.31. The fourth-order valence-electron chi connectivity index (χ4n) is 1.93. The SMILES string of the molecule is CC(C)CCCc1cccc(CCCI)c1. The number of alkyl halides is 1. The van der Waals surface area contributed by atoms with E-state index in [2.05, 4.69) is 60.7 Å². The van der Waals surface area contributed by atoms with Crippen molar-refractivity contribution in [3.63, 3.8) is 0 Å². The van der Waals surface area contributed by atoms with Gasteiger partial charge in [-0.3, -0.25) is 0 Å². The number of hydrogen-bond acceptors (Lipinski definition) is 0. The first kappa shape index (κ1) is 14.0. The van der Waals surface area contributed by atoms with E-state index in [0.29, 0.717) is 0 Å². The Morgan fingerprint density at radius 1 is 1.06 bits per heavy atom. The highest BCUT2D eigenvalue weighted by Crippen LogP contribution is 2.13. The monoisotopic (exact) mass is 330 g/mol. The molecule has 0 fully saturated rings. The van der Waals surface area contributed by atoms with Gasteiger partial charge in [0.05, 0.1) is 0 Å². The van der Waals surface area contributed by atoms with E-state index in [1.165, 1.54) is 47.7 Å². The zero-order valence-corrected chi connectivity index (χ0v) is 12.7. The van der Waals surface area contributed by atoms with Crippen LogP contribution in [0.4, 0.5) is 0 Å². The summed E-state index contributed by atoms with van der Waals surface area (Å²) in [5.41, 5.74) is 3.03. The molecule has 16 heavy (non-hydrogen) atoms. The Bertz CT molecular complexity index is 291. The van der Waals surface area contributed by atoms with Crippen LogP contribution in [0.2, 0.25) is 0 Å². The average Bonchev–Trinajstić information content (AvgIpc) is 2.26. The molecule has 0 N–H and O–H groups in total. The minimum Gasteiger partial charge on any atom is -0.0864 e. The third kappa shape index (κ3) is 5.88. The summed E-state index contributed by atoms with van der Waals surface area (Å²) in [7, 11) is 0. The van der Waals surface area contributed by atoms with Gasteiger partial charge in [-0.15, -0.1) is 0 Å². The summed E-state index contributed by atoms with van der Waals surface area (Å²) >= 11 is 2.45. The summed E-state index contributed by atoms with van der Waals surface area (Å²) in [4.78, 5) is 0. The molecule has 0 saturated heterocycles. The molecular weight excluding hydrogens is 307 g/mol. The zero-order chi connectivity index (χ0) is 11.8. The number of rotatable bonds is 7. The topological polar surface area (TPSA) is 0 Å². The van der Waals surface area contributed by atoms with Gasteiger partial charge in [-0.25, -0.2) is 0 Å². The molecule has 0 nitrogen and oxygen atoms in total. The second-order valence-corrected chi connectivity index (χ2v) is 5.98. The third-order valence-electron chi connectivity index (χ3n) is 2.84. The Kier molecular flexibility index (Phi) is 7.10. The van der Waals surface area contributed by atoms with Gasteiger partial charge in [0.2, 0.25) is 0 Å². The van der Waals surface area contributed by atoms with Gasteiger partial charge >= 0.3 is 0 Å². The minimum absolute atomic E-state index is 0.835. The number of aryl methyl sites for hydroxylation is 2. The van der Waals surface area contributed by atoms with Crippen molar-refractivity contribution in [2.24, 2.45) is 5.92 Å². The molecular formula is C15H23I. The lowest BCUT2D eigenvalue weighted by Gasteiger charge is -2.06. The molecule has 1 aromatic rings. The Balaban J connectivity index is 2.40. The van der Waals surface area contributed by atoms with Crippen LogP contribution in [0.5, 0.6) is 0 Å². The maximum atomic E-state index is 2.45. The van der Waals surface area contributed by atoms with Gasteiger partial charge in [-0.1, -0.05) is 67.1 Å². The molecule has 0 atom stereocenters. The predicted molar refractivity (Wildman–Crippen MR) is 81.4 cm³/mol. The van der Waals surface area contributed by atoms with Crippen molar-refractivity contribution in [2.45, 2.75) is 46.0 Å². The van der Waals surface area contributed by atoms with E-state index in [9.17, 15) is 0 Å². The Morgan fingerprint density at radius 3 is 2.25 bits per heavy atom. The number of halogens is 1. The van der Waals surface area contributed by atoms with Gasteiger partial charge in [-0.05, 0) is 47.2 Å². The summed E-state index contributed by atoms with van der Waals surface area (Å²) in [6.07, 6.45) is 6.46. The molecule has 0 aliphatic carbocycles. The van der Waals surface area contributed by atoms with Crippen molar-refractivity contribution in [3.8, 4) is 0 Å². The van der Waals surface area contributed by atoms with Crippen LogP contribution in [-0.2, 0) is 12.8 Å². The molecule has 0 spiro atoms. The molecule has 1 heteroatoms. The summed E-state index contributed by atoms with van der Waals surface area (Å²) < 4.78 is 1.26. The average molecular weight is 330 g/mol. The normalized spacial score (nSPS) is 11.0. The largest absolute Gasteiger partial charge is 0.0864 e. The third-order valence-corrected chi connectivity index (χ3v) is 3.60. The number of benzene rings is 1. The van der Waals surface area contributed by atoms with Gasteiger partial charge in [0.1, 0.15) is 0 Å². The summed E-state index contributed by atoms with van der Waals surface area (Å²) in [5, 5.41) is 0. The summed E-state index contributed by atoms with van der Waals surface area (Å²) in [6.45, 7) is 4.60. The lowest BCUT2D eigenvalue weighted by molar-refractivity contribution is 0.555. The van der Waals surface area contributed by atoms with Crippen molar-refractivity contribution < 1.29 is 0 Å². The van der Waals surface area contributed by atoms with E-state index in [-0.39, 0.29) is 0 Å². The van der Waals surface area contributed by atoms with E-state index < -0.39 is 0 Å². The quantitative estimate of drug-likeness (QED) is 0.486. The highest BCUT2D eigenvalue weighted by molar-refractivity contribution is 14.1. The van der Waals surface area contributed by atoms with Crippen molar-refractivity contribution in [3.05, 3.63) is 35.4 Å². The molecule has 0 aliphatic heterocycles. The highest BCUT2D eigenvalue weighted by Gasteiger charge is 1.98. The van der Waals surface area contributed by atoms with E-state index in [0.717, 1.165) is 5.92 Å². The Labute approximate surface area is 114 Å². The maximum absolute atomic E-state index is 2.45. The van der Waals surface area contributed by atoms with Crippen LogP contribution in [0.25, 0.3) is 0 Å². The van der Waals surface area contributed by atoms with E-state index in [1.807, 2.05) is 0 Å². The van der Waals surface area contributed by atoms with Crippen LogP contribution in [0.3, 0.4) is 0 Å². The number of hydrogen-bond donors (Lipinski definition) is 0. The predicted octanol–water partition coefficient (Wildman–Crippen LogP) is 5.03. The molecule has 0 heterocycles. The molecule has 0 unspecified atom stereocenters. The maximum Gasteiger partial charge on any atom is -0.000156 e. The fraction of sp³-hybridized carbons (Fsp3) is 0.600. The van der Waals surface area contributed by atoms with Crippen molar-refractivity contribution in [2.75, 3.05) is 4.43 Å². The lowest BCUT2D eigenvalue weighted by atomic mass is 10.00. The molecule has 0 aliphatic rings. The minimum atomic E-state index is 0.835. The van der Waals surface area contributed by atoms with Gasteiger partial charge in [-0.2, -0.15) is 0 Å². The second-order valence-electron chi connectivity index (χ2n) is 4.90. The molecule has 0 bridgehead atoms. The van der Waals surface area contributed by atoms with Crippen LogP contribution in [0.1, 0.15) is 44.2 Å². The zero-order valence-electron chi connectivity index (χ0n) is 10.5. The van der Waals surface area contributed by atoms with Gasteiger partial charge in [0, 0.05) is 0 Å². The van der Waals surface area contributed by atoms with Gasteiger partial charge in [0.15, 0.2) is 0 Å². The van der Waals surface area contributed by atoms with Crippen LogP contribution in [-0.4, -0.2) is 4.43 Å². The first-order valence-electron chi connectivity index (χ1n) is 6.36. The van der Waals surface area contributed by atoms with Crippen molar-refractivity contribution >= 4 is 22.6 Å². The molecule has 1 rings (SSSR count). The van der Waals surface area contributed by atoms with E-state index >= 15 is 0 Å². The van der Waals surface area contributed by atoms with Crippen molar-refractivity contribution in [1.29, 1.82) is 0 Å². The first-order chi connectivity index (χ1) is 7.72. The lowest BCUT2D eigenvalue weighted by Crippen LogP contribution is -1.93. The molecule has 0 saturated carbocycles. The van der Waals surface area contributed by atoms with Crippen molar-refractivity contribution in [1.82, 2.24) is 0 Å². The molecule has 0 aromatic heterocycles. The van der Waals surface area contributed by atoms with Crippen LogP contribution < -0.4 is 0 Å². The van der Waals surface area contributed by atoms with Crippen LogP contribution in [0.15, 0.2) is 24.3 Å². The van der Waals surface area contributed by atoms with Gasteiger partial charge < -0.3 is 0 Å². The standard InChI is InChI=1S/C15H23I/c1-13(2)6-3-7-14-8-4-9-15(12-14)10-5-11-16/h4,8-9,12-13H,3,5-7,10-11H2,1-2H3. The first-order valence-corrected chi connectivity index (χ1v) is 7.88. The van der Waals surface area contributed by atoms with E-state index in [4.69, 9.17) is 0 Å². The van der Waals surface area contributed by atoms with Gasteiger partial charge in [0.25, 0.3) is 0 Å². The van der Waals surface area contributed by atoms with Crippen LogP contribution >= 0.6 is 22.6 Å². The molecule has 0 radical (unpaired) electrons. The molecule has 90 valence electrons. The van der Waals surface area contributed by atoms with E-state index in [1.54, 1.807) is 0 Å². The highest BCUT2D eigenvalue weighted by atomic mass is 127. The smallest absolute Gasteiger partial charge is 0.000156 e.